The number of hydrogen-bond donors (Lipinski definition) is 1. The highest BCUT2D eigenvalue weighted by Gasteiger charge is 2.16. The van der Waals surface area contributed by atoms with Crippen LogP contribution in [0.2, 0.25) is 0 Å². The van der Waals surface area contributed by atoms with Gasteiger partial charge in [0, 0.05) is 6.04 Å². The third-order valence-corrected chi connectivity index (χ3v) is 4.58. The van der Waals surface area contributed by atoms with Crippen LogP contribution in [0.15, 0.2) is 23.3 Å². The van der Waals surface area contributed by atoms with Crippen LogP contribution in [0, 0.1) is 0 Å². The molecule has 0 saturated carbocycles. The molecule has 0 amide bonds. The van der Waals surface area contributed by atoms with Crippen LogP contribution in [0.3, 0.4) is 0 Å². The summed E-state index contributed by atoms with van der Waals surface area (Å²) in [5, 5.41) is 3.74. The SMILES string of the molecule is CCNC(CC1=CCCCC1)C1=CCCCCCC1. The highest BCUT2D eigenvalue weighted by molar-refractivity contribution is 5.18. The first-order valence-corrected chi connectivity index (χ1v) is 8.50. The average Bonchev–Trinajstić information content (AvgIpc) is 2.39. The van der Waals surface area contributed by atoms with Crippen molar-refractivity contribution in [2.75, 3.05) is 6.54 Å². The summed E-state index contributed by atoms with van der Waals surface area (Å²) in [6, 6.07) is 0.618. The molecule has 2 aliphatic rings. The molecule has 108 valence electrons. The molecular weight excluding hydrogens is 230 g/mol. The predicted molar refractivity (Wildman–Crippen MR) is 84.4 cm³/mol. The standard InChI is InChI=1S/C18H31N/c1-2-19-18(15-16-11-7-6-8-12-16)17-13-9-4-3-5-10-14-17/h11,13,18-19H,2-10,12,14-15H2,1H3. The molecule has 2 aliphatic carbocycles. The van der Waals surface area contributed by atoms with Crippen molar-refractivity contribution < 1.29 is 0 Å². The Kier molecular flexibility index (Phi) is 6.70. The van der Waals surface area contributed by atoms with Crippen molar-refractivity contribution in [3.8, 4) is 0 Å². The summed E-state index contributed by atoms with van der Waals surface area (Å²) in [6.07, 6.45) is 20.1. The van der Waals surface area contributed by atoms with Gasteiger partial charge in [0.2, 0.25) is 0 Å². The molecule has 1 atom stereocenters. The van der Waals surface area contributed by atoms with Gasteiger partial charge in [0.1, 0.15) is 0 Å². The van der Waals surface area contributed by atoms with Gasteiger partial charge in [-0.15, -0.1) is 0 Å². The molecule has 0 heterocycles. The predicted octanol–water partition coefficient (Wildman–Crippen LogP) is 5.14. The van der Waals surface area contributed by atoms with Gasteiger partial charge in [-0.25, -0.2) is 0 Å². The van der Waals surface area contributed by atoms with Crippen LogP contribution in [0.25, 0.3) is 0 Å². The number of hydrogen-bond acceptors (Lipinski definition) is 1. The zero-order valence-corrected chi connectivity index (χ0v) is 12.7. The Morgan fingerprint density at radius 3 is 2.47 bits per heavy atom. The van der Waals surface area contributed by atoms with E-state index in [4.69, 9.17) is 0 Å². The number of nitrogens with one attached hydrogen (secondary N) is 1. The van der Waals surface area contributed by atoms with Crippen LogP contribution < -0.4 is 5.32 Å². The molecule has 1 heteroatoms. The van der Waals surface area contributed by atoms with Gasteiger partial charge in [-0.05, 0) is 64.3 Å². The first-order chi connectivity index (χ1) is 9.40. The van der Waals surface area contributed by atoms with Gasteiger partial charge >= 0.3 is 0 Å². The molecule has 0 fully saturated rings. The Labute approximate surface area is 119 Å². The van der Waals surface area contributed by atoms with E-state index in [-0.39, 0.29) is 0 Å². The smallest absolute Gasteiger partial charge is 0.0316 e. The second-order valence-electron chi connectivity index (χ2n) is 6.15. The molecular formula is C18H31N. The summed E-state index contributed by atoms with van der Waals surface area (Å²) in [6.45, 7) is 3.33. The highest BCUT2D eigenvalue weighted by Crippen LogP contribution is 2.27. The number of likely N-dealkylation sites (N-methyl/N-ethyl adjacent to an activating group) is 1. The van der Waals surface area contributed by atoms with Crippen LogP contribution in [0.1, 0.15) is 77.6 Å². The highest BCUT2D eigenvalue weighted by atomic mass is 14.9. The molecule has 0 spiro atoms. The minimum absolute atomic E-state index is 0.618. The van der Waals surface area contributed by atoms with Crippen molar-refractivity contribution >= 4 is 0 Å². The molecule has 1 N–H and O–H groups in total. The minimum atomic E-state index is 0.618. The molecule has 0 aliphatic heterocycles. The third kappa shape index (κ3) is 5.14. The Bertz CT molecular complexity index is 314. The van der Waals surface area contributed by atoms with Crippen LogP contribution >= 0.6 is 0 Å². The van der Waals surface area contributed by atoms with E-state index in [1.165, 1.54) is 70.6 Å². The van der Waals surface area contributed by atoms with Gasteiger partial charge in [0.15, 0.2) is 0 Å². The van der Waals surface area contributed by atoms with Crippen LogP contribution in [-0.2, 0) is 0 Å². The van der Waals surface area contributed by atoms with Gasteiger partial charge in [-0.2, -0.15) is 0 Å². The lowest BCUT2D eigenvalue weighted by Gasteiger charge is -2.25. The lowest BCUT2D eigenvalue weighted by molar-refractivity contribution is 0.522. The van der Waals surface area contributed by atoms with E-state index in [9.17, 15) is 0 Å². The maximum absolute atomic E-state index is 3.74. The summed E-state index contributed by atoms with van der Waals surface area (Å²) >= 11 is 0. The zero-order valence-electron chi connectivity index (χ0n) is 12.7. The van der Waals surface area contributed by atoms with Gasteiger partial charge in [0.05, 0.1) is 0 Å². The molecule has 0 saturated heterocycles. The van der Waals surface area contributed by atoms with E-state index in [1.807, 2.05) is 0 Å². The van der Waals surface area contributed by atoms with E-state index in [2.05, 4.69) is 24.4 Å². The largest absolute Gasteiger partial charge is 0.310 e. The van der Waals surface area contributed by atoms with Gasteiger partial charge in [0.25, 0.3) is 0 Å². The van der Waals surface area contributed by atoms with Crippen molar-refractivity contribution in [1.29, 1.82) is 0 Å². The number of allylic oxidation sites excluding steroid dienone is 2. The summed E-state index contributed by atoms with van der Waals surface area (Å²) in [7, 11) is 0. The Morgan fingerprint density at radius 1 is 0.947 bits per heavy atom. The Hall–Kier alpha value is -0.560. The molecule has 1 unspecified atom stereocenters. The first-order valence-electron chi connectivity index (χ1n) is 8.50. The maximum Gasteiger partial charge on any atom is 0.0316 e. The van der Waals surface area contributed by atoms with Gasteiger partial charge in [-0.1, -0.05) is 43.1 Å². The summed E-state index contributed by atoms with van der Waals surface area (Å²) < 4.78 is 0. The first kappa shape index (κ1) is 14.8. The molecule has 0 aromatic carbocycles. The van der Waals surface area contributed by atoms with Crippen LogP contribution in [-0.4, -0.2) is 12.6 Å². The quantitative estimate of drug-likeness (QED) is 0.676. The normalized spacial score (nSPS) is 23.0. The summed E-state index contributed by atoms with van der Waals surface area (Å²) in [5.41, 5.74) is 3.41. The fourth-order valence-corrected chi connectivity index (χ4v) is 3.47. The maximum atomic E-state index is 3.74. The second-order valence-corrected chi connectivity index (χ2v) is 6.15. The fourth-order valence-electron chi connectivity index (χ4n) is 3.47. The van der Waals surface area contributed by atoms with Gasteiger partial charge in [-0.3, -0.25) is 0 Å². The molecule has 0 bridgehead atoms. The monoisotopic (exact) mass is 261 g/mol. The topological polar surface area (TPSA) is 12.0 Å². The average molecular weight is 261 g/mol. The molecule has 0 aromatic heterocycles. The van der Waals surface area contributed by atoms with Crippen molar-refractivity contribution in [3.05, 3.63) is 23.3 Å². The lowest BCUT2D eigenvalue weighted by Crippen LogP contribution is -2.31. The van der Waals surface area contributed by atoms with E-state index < -0.39 is 0 Å². The lowest BCUT2D eigenvalue weighted by atomic mass is 9.88. The molecule has 19 heavy (non-hydrogen) atoms. The van der Waals surface area contributed by atoms with Crippen molar-refractivity contribution in [1.82, 2.24) is 5.32 Å². The van der Waals surface area contributed by atoms with Crippen LogP contribution in [0.4, 0.5) is 0 Å². The fraction of sp³-hybridized carbons (Fsp3) is 0.778. The van der Waals surface area contributed by atoms with Crippen LogP contribution in [0.5, 0.6) is 0 Å². The summed E-state index contributed by atoms with van der Waals surface area (Å²) in [4.78, 5) is 0. The minimum Gasteiger partial charge on any atom is -0.310 e. The third-order valence-electron chi connectivity index (χ3n) is 4.58. The van der Waals surface area contributed by atoms with Crippen molar-refractivity contribution in [2.45, 2.75) is 83.6 Å². The van der Waals surface area contributed by atoms with Gasteiger partial charge < -0.3 is 5.32 Å². The Balaban J connectivity index is 1.98. The van der Waals surface area contributed by atoms with Crippen molar-refractivity contribution in [2.24, 2.45) is 0 Å². The van der Waals surface area contributed by atoms with E-state index in [1.54, 1.807) is 11.1 Å². The molecule has 1 nitrogen and oxygen atoms in total. The van der Waals surface area contributed by atoms with E-state index in [0.29, 0.717) is 6.04 Å². The van der Waals surface area contributed by atoms with E-state index in [0.717, 1.165) is 6.54 Å². The molecule has 2 rings (SSSR count). The molecule has 0 aromatic rings. The summed E-state index contributed by atoms with van der Waals surface area (Å²) in [5.74, 6) is 0. The second kappa shape index (κ2) is 8.58. The Morgan fingerprint density at radius 2 is 1.68 bits per heavy atom. The molecule has 0 radical (unpaired) electrons. The number of rotatable bonds is 5. The van der Waals surface area contributed by atoms with Crippen molar-refractivity contribution in [3.63, 3.8) is 0 Å². The zero-order chi connectivity index (χ0) is 13.3. The van der Waals surface area contributed by atoms with E-state index >= 15 is 0 Å².